The Balaban J connectivity index is 2.24. The molecule has 0 amide bonds. The van der Waals surface area contributed by atoms with E-state index in [1.807, 2.05) is 26.5 Å². The van der Waals surface area contributed by atoms with Gasteiger partial charge in [0.15, 0.2) is 0 Å². The monoisotopic (exact) mass is 192 g/mol. The molecule has 2 heterocycles. The molecule has 2 rings (SSSR count). The van der Waals surface area contributed by atoms with E-state index in [1.165, 1.54) is 0 Å². The van der Waals surface area contributed by atoms with Gasteiger partial charge in [-0.05, 0) is 7.05 Å². The summed E-state index contributed by atoms with van der Waals surface area (Å²) in [6.45, 7) is 0.722. The molecule has 0 aromatic carbocycles. The third-order valence-electron chi connectivity index (χ3n) is 1.85. The molecule has 0 saturated heterocycles. The van der Waals surface area contributed by atoms with E-state index in [2.05, 4.69) is 20.7 Å². The smallest absolute Gasteiger partial charge is 0.104 e. The van der Waals surface area contributed by atoms with Gasteiger partial charge in [0, 0.05) is 13.6 Å². The van der Waals surface area contributed by atoms with Gasteiger partial charge in [0.1, 0.15) is 5.69 Å². The highest BCUT2D eigenvalue weighted by atomic mass is 15.4. The van der Waals surface area contributed by atoms with E-state index in [0.717, 1.165) is 17.9 Å². The third kappa shape index (κ3) is 1.64. The standard InChI is InChI=1S/C8H12N6/c1-9-3-7-5-14(12-11-7)8-4-10-13(2)6-8/h4-6,9H,3H2,1-2H3. The molecule has 0 aliphatic heterocycles. The van der Waals surface area contributed by atoms with E-state index in [0.29, 0.717) is 0 Å². The normalized spacial score (nSPS) is 10.7. The molecule has 0 bridgehead atoms. The van der Waals surface area contributed by atoms with Gasteiger partial charge >= 0.3 is 0 Å². The van der Waals surface area contributed by atoms with Crippen molar-refractivity contribution in [1.29, 1.82) is 0 Å². The van der Waals surface area contributed by atoms with Crippen molar-refractivity contribution in [2.45, 2.75) is 6.54 Å². The SMILES string of the molecule is CNCc1cn(-c2cnn(C)c2)nn1. The first kappa shape index (κ1) is 8.89. The van der Waals surface area contributed by atoms with Crippen molar-refractivity contribution < 1.29 is 0 Å². The highest BCUT2D eigenvalue weighted by Crippen LogP contribution is 2.03. The minimum Gasteiger partial charge on any atom is -0.314 e. The number of nitrogens with one attached hydrogen (secondary N) is 1. The molecule has 0 spiro atoms. The van der Waals surface area contributed by atoms with Crippen LogP contribution in [0.2, 0.25) is 0 Å². The Morgan fingerprint density at radius 3 is 2.93 bits per heavy atom. The lowest BCUT2D eigenvalue weighted by Crippen LogP contribution is -2.04. The third-order valence-corrected chi connectivity index (χ3v) is 1.85. The molecule has 0 atom stereocenters. The molecule has 6 heteroatoms. The van der Waals surface area contributed by atoms with Crippen LogP contribution in [-0.4, -0.2) is 31.8 Å². The zero-order valence-electron chi connectivity index (χ0n) is 8.18. The minimum absolute atomic E-state index is 0.722. The lowest BCUT2D eigenvalue weighted by atomic mass is 10.5. The van der Waals surface area contributed by atoms with E-state index in [9.17, 15) is 0 Å². The molecule has 2 aromatic rings. The molecule has 0 unspecified atom stereocenters. The van der Waals surface area contributed by atoms with E-state index < -0.39 is 0 Å². The summed E-state index contributed by atoms with van der Waals surface area (Å²) in [4.78, 5) is 0. The van der Waals surface area contributed by atoms with Gasteiger partial charge in [-0.15, -0.1) is 5.10 Å². The van der Waals surface area contributed by atoms with Crippen LogP contribution in [0.5, 0.6) is 0 Å². The molecular weight excluding hydrogens is 180 g/mol. The van der Waals surface area contributed by atoms with Crippen LogP contribution in [-0.2, 0) is 13.6 Å². The quantitative estimate of drug-likeness (QED) is 0.726. The number of rotatable bonds is 3. The number of aromatic nitrogens is 5. The van der Waals surface area contributed by atoms with Gasteiger partial charge in [-0.2, -0.15) is 5.10 Å². The fraction of sp³-hybridized carbons (Fsp3) is 0.375. The summed E-state index contributed by atoms with van der Waals surface area (Å²) in [5.74, 6) is 0. The van der Waals surface area contributed by atoms with Crippen molar-refractivity contribution >= 4 is 0 Å². The minimum atomic E-state index is 0.722. The van der Waals surface area contributed by atoms with Crippen molar-refractivity contribution in [2.75, 3.05) is 7.05 Å². The molecule has 14 heavy (non-hydrogen) atoms. The van der Waals surface area contributed by atoms with Crippen LogP contribution in [0.3, 0.4) is 0 Å². The zero-order valence-corrected chi connectivity index (χ0v) is 8.18. The van der Waals surface area contributed by atoms with Gasteiger partial charge in [0.25, 0.3) is 0 Å². The van der Waals surface area contributed by atoms with Crippen molar-refractivity contribution in [1.82, 2.24) is 30.1 Å². The fourth-order valence-corrected chi connectivity index (χ4v) is 1.21. The maximum atomic E-state index is 4.06. The topological polar surface area (TPSA) is 60.6 Å². The zero-order chi connectivity index (χ0) is 9.97. The van der Waals surface area contributed by atoms with Gasteiger partial charge in [0.05, 0.1) is 24.3 Å². The van der Waals surface area contributed by atoms with E-state index in [4.69, 9.17) is 0 Å². The van der Waals surface area contributed by atoms with E-state index >= 15 is 0 Å². The van der Waals surface area contributed by atoms with Gasteiger partial charge < -0.3 is 5.32 Å². The summed E-state index contributed by atoms with van der Waals surface area (Å²) in [6.07, 6.45) is 5.52. The predicted octanol–water partition coefficient (Wildman–Crippen LogP) is -0.280. The Labute approximate surface area is 81.5 Å². The second-order valence-corrected chi connectivity index (χ2v) is 3.06. The first-order chi connectivity index (χ1) is 6.79. The average molecular weight is 192 g/mol. The number of hydrogen-bond donors (Lipinski definition) is 1. The fourth-order valence-electron chi connectivity index (χ4n) is 1.21. The summed E-state index contributed by atoms with van der Waals surface area (Å²) >= 11 is 0. The molecule has 1 N–H and O–H groups in total. The largest absolute Gasteiger partial charge is 0.314 e. The summed E-state index contributed by atoms with van der Waals surface area (Å²) in [5.41, 5.74) is 1.83. The van der Waals surface area contributed by atoms with E-state index in [-0.39, 0.29) is 0 Å². The molecule has 6 nitrogen and oxygen atoms in total. The van der Waals surface area contributed by atoms with Crippen molar-refractivity contribution in [3.8, 4) is 5.69 Å². The average Bonchev–Trinajstić information content (AvgIpc) is 2.74. The van der Waals surface area contributed by atoms with Gasteiger partial charge in [0.2, 0.25) is 0 Å². The first-order valence-electron chi connectivity index (χ1n) is 4.34. The van der Waals surface area contributed by atoms with Crippen LogP contribution in [0.25, 0.3) is 5.69 Å². The maximum Gasteiger partial charge on any atom is 0.104 e. The Kier molecular flexibility index (Phi) is 2.28. The van der Waals surface area contributed by atoms with Crippen LogP contribution in [0, 0.1) is 0 Å². The lowest BCUT2D eigenvalue weighted by Gasteiger charge is -1.91. The van der Waals surface area contributed by atoms with Gasteiger partial charge in [-0.3, -0.25) is 4.68 Å². The number of aryl methyl sites for hydroxylation is 1. The Bertz CT molecular complexity index is 415. The van der Waals surface area contributed by atoms with Crippen LogP contribution < -0.4 is 5.32 Å². The van der Waals surface area contributed by atoms with E-state index in [1.54, 1.807) is 15.6 Å². The van der Waals surface area contributed by atoms with Crippen molar-refractivity contribution in [2.24, 2.45) is 7.05 Å². The molecule has 0 radical (unpaired) electrons. The summed E-state index contributed by atoms with van der Waals surface area (Å²) < 4.78 is 3.44. The van der Waals surface area contributed by atoms with Crippen LogP contribution in [0.4, 0.5) is 0 Å². The molecule has 0 aliphatic rings. The molecule has 0 fully saturated rings. The van der Waals surface area contributed by atoms with Gasteiger partial charge in [-0.1, -0.05) is 5.21 Å². The van der Waals surface area contributed by atoms with Crippen LogP contribution in [0.15, 0.2) is 18.6 Å². The predicted molar refractivity (Wildman–Crippen MR) is 50.9 cm³/mol. The Hall–Kier alpha value is -1.69. The molecule has 2 aromatic heterocycles. The number of hydrogen-bond acceptors (Lipinski definition) is 4. The van der Waals surface area contributed by atoms with Crippen molar-refractivity contribution in [3.63, 3.8) is 0 Å². The maximum absolute atomic E-state index is 4.06. The molecular formula is C8H12N6. The first-order valence-corrected chi connectivity index (χ1v) is 4.34. The molecule has 0 aliphatic carbocycles. The Morgan fingerprint density at radius 1 is 1.43 bits per heavy atom. The molecule has 0 saturated carbocycles. The van der Waals surface area contributed by atoms with Gasteiger partial charge in [-0.25, -0.2) is 4.68 Å². The Morgan fingerprint density at radius 2 is 2.29 bits per heavy atom. The lowest BCUT2D eigenvalue weighted by molar-refractivity contribution is 0.759. The second-order valence-electron chi connectivity index (χ2n) is 3.06. The second kappa shape index (κ2) is 3.59. The summed E-state index contributed by atoms with van der Waals surface area (Å²) in [7, 11) is 3.75. The molecule has 74 valence electrons. The highest BCUT2D eigenvalue weighted by molar-refractivity contribution is 5.23. The van der Waals surface area contributed by atoms with Crippen LogP contribution in [0.1, 0.15) is 5.69 Å². The summed E-state index contributed by atoms with van der Waals surface area (Å²) in [5, 5.41) is 15.1. The van der Waals surface area contributed by atoms with Crippen LogP contribution >= 0.6 is 0 Å². The highest BCUT2D eigenvalue weighted by Gasteiger charge is 2.02. The summed E-state index contributed by atoms with van der Waals surface area (Å²) in [6, 6.07) is 0. The van der Waals surface area contributed by atoms with Crippen molar-refractivity contribution in [3.05, 3.63) is 24.3 Å². The number of nitrogens with zero attached hydrogens (tertiary/aromatic N) is 5.